The maximum absolute atomic E-state index is 12.1. The van der Waals surface area contributed by atoms with Gasteiger partial charge in [0.25, 0.3) is 0 Å². The minimum absolute atomic E-state index is 0.210. The summed E-state index contributed by atoms with van der Waals surface area (Å²) in [6.45, 7) is 6.59. The number of hydrogen-bond donors (Lipinski definition) is 0. The van der Waals surface area contributed by atoms with E-state index in [2.05, 4.69) is 38.1 Å². The highest BCUT2D eigenvalue weighted by molar-refractivity contribution is 7.13. The Labute approximate surface area is 156 Å². The highest BCUT2D eigenvalue weighted by Crippen LogP contribution is 2.40. The fourth-order valence-corrected chi connectivity index (χ4v) is 4.38. The average molecular weight is 364 g/mol. The molecule has 0 atom stereocenters. The third kappa shape index (κ3) is 2.59. The Bertz CT molecular complexity index is 1120. The summed E-state index contributed by atoms with van der Waals surface area (Å²) in [7, 11) is 0. The van der Waals surface area contributed by atoms with Crippen LogP contribution in [0.4, 0.5) is 0 Å². The van der Waals surface area contributed by atoms with E-state index in [1.54, 1.807) is 0 Å². The second-order valence-electron chi connectivity index (χ2n) is 6.35. The van der Waals surface area contributed by atoms with Crippen molar-refractivity contribution in [2.24, 2.45) is 0 Å². The van der Waals surface area contributed by atoms with Gasteiger partial charge in [-0.15, -0.1) is 0 Å². The molecule has 2 aromatic heterocycles. The van der Waals surface area contributed by atoms with Gasteiger partial charge in [0.05, 0.1) is 17.0 Å². The van der Waals surface area contributed by atoms with Crippen LogP contribution in [0, 0.1) is 13.8 Å². The lowest BCUT2D eigenvalue weighted by Crippen LogP contribution is -2.14. The van der Waals surface area contributed by atoms with Crippen molar-refractivity contribution in [3.05, 3.63) is 53.7 Å². The summed E-state index contributed by atoms with van der Waals surface area (Å²) in [6.07, 6.45) is 0. The molecule has 0 aliphatic rings. The largest absolute Gasteiger partial charge is 0.465 e. The second-order valence-corrected chi connectivity index (χ2v) is 7.15. The van der Waals surface area contributed by atoms with Gasteiger partial charge >= 0.3 is 5.97 Å². The summed E-state index contributed by atoms with van der Waals surface area (Å²) in [5.74, 6) is -0.219. The molecule has 0 fully saturated rings. The molecule has 0 saturated heterocycles. The smallest absolute Gasteiger partial charge is 0.325 e. The zero-order valence-electron chi connectivity index (χ0n) is 15.1. The van der Waals surface area contributed by atoms with Crippen LogP contribution in [0.15, 0.2) is 42.5 Å². The van der Waals surface area contributed by atoms with E-state index in [1.165, 1.54) is 21.8 Å². The molecule has 26 heavy (non-hydrogen) atoms. The molecule has 132 valence electrons. The number of rotatable bonds is 4. The minimum atomic E-state index is -0.219. The van der Waals surface area contributed by atoms with E-state index in [0.717, 1.165) is 33.2 Å². The van der Waals surface area contributed by atoms with E-state index in [9.17, 15) is 4.79 Å². The van der Waals surface area contributed by atoms with Gasteiger partial charge in [0, 0.05) is 27.5 Å². The molecular weight excluding hydrogens is 344 g/mol. The number of benzene rings is 2. The molecule has 2 heterocycles. The first-order valence-corrected chi connectivity index (χ1v) is 9.48. The number of carbonyl (C=O) groups is 1. The summed E-state index contributed by atoms with van der Waals surface area (Å²) in [6, 6.07) is 14.5. The Morgan fingerprint density at radius 2 is 1.96 bits per heavy atom. The molecule has 0 spiro atoms. The molecule has 0 N–H and O–H groups in total. The molecule has 0 unspecified atom stereocenters. The van der Waals surface area contributed by atoms with Crippen LogP contribution in [0.1, 0.15) is 18.2 Å². The van der Waals surface area contributed by atoms with Gasteiger partial charge in [0.1, 0.15) is 6.54 Å². The SMILES string of the molecule is CCOC(=O)Cn1c(C)c(-c2nsc3ccccc23)c2c(C)cccc21. The molecule has 4 rings (SSSR count). The molecule has 0 aliphatic carbocycles. The standard InChI is InChI=1S/C21H20N2O2S/c1-4-25-18(24)12-23-14(3)20(19-13(2)8-7-10-16(19)23)21-15-9-5-6-11-17(15)26-22-21/h5-11H,4,12H2,1-3H3. The summed E-state index contributed by atoms with van der Waals surface area (Å²) in [4.78, 5) is 12.1. The van der Waals surface area contributed by atoms with E-state index in [0.29, 0.717) is 6.61 Å². The van der Waals surface area contributed by atoms with Gasteiger partial charge < -0.3 is 9.30 Å². The summed E-state index contributed by atoms with van der Waals surface area (Å²) >= 11 is 1.51. The lowest BCUT2D eigenvalue weighted by atomic mass is 10.0. The molecule has 2 aromatic carbocycles. The van der Waals surface area contributed by atoms with Crippen LogP contribution in [-0.2, 0) is 16.1 Å². The fraction of sp³-hybridized carbons (Fsp3) is 0.238. The predicted molar refractivity (Wildman–Crippen MR) is 107 cm³/mol. The van der Waals surface area contributed by atoms with Crippen molar-refractivity contribution < 1.29 is 9.53 Å². The first-order chi connectivity index (χ1) is 12.6. The zero-order valence-corrected chi connectivity index (χ0v) is 15.9. The lowest BCUT2D eigenvalue weighted by Gasteiger charge is -2.08. The van der Waals surface area contributed by atoms with Gasteiger partial charge in [-0.3, -0.25) is 4.79 Å². The van der Waals surface area contributed by atoms with Crippen molar-refractivity contribution in [1.82, 2.24) is 8.94 Å². The first-order valence-electron chi connectivity index (χ1n) is 8.70. The van der Waals surface area contributed by atoms with Crippen LogP contribution in [0.3, 0.4) is 0 Å². The van der Waals surface area contributed by atoms with Gasteiger partial charge in [-0.1, -0.05) is 30.3 Å². The monoisotopic (exact) mass is 364 g/mol. The minimum Gasteiger partial charge on any atom is -0.465 e. The second kappa shape index (κ2) is 6.57. The van der Waals surface area contributed by atoms with Crippen LogP contribution < -0.4 is 0 Å². The van der Waals surface area contributed by atoms with E-state index in [4.69, 9.17) is 9.11 Å². The maximum Gasteiger partial charge on any atom is 0.325 e. The van der Waals surface area contributed by atoms with Crippen LogP contribution in [0.5, 0.6) is 0 Å². The Morgan fingerprint density at radius 1 is 1.15 bits per heavy atom. The quantitative estimate of drug-likeness (QED) is 0.473. The number of esters is 1. The van der Waals surface area contributed by atoms with Crippen LogP contribution in [-0.4, -0.2) is 21.5 Å². The normalized spacial score (nSPS) is 11.3. The summed E-state index contributed by atoms with van der Waals surface area (Å²) in [5, 5.41) is 2.31. The zero-order chi connectivity index (χ0) is 18.3. The number of aryl methyl sites for hydroxylation is 1. The number of carbonyl (C=O) groups excluding carboxylic acids is 1. The van der Waals surface area contributed by atoms with Crippen molar-refractivity contribution in [2.75, 3.05) is 6.61 Å². The number of hydrogen-bond acceptors (Lipinski definition) is 4. The van der Waals surface area contributed by atoms with E-state index in [-0.39, 0.29) is 12.5 Å². The van der Waals surface area contributed by atoms with Gasteiger partial charge in [0.2, 0.25) is 0 Å². The van der Waals surface area contributed by atoms with E-state index < -0.39 is 0 Å². The molecular formula is C21H20N2O2S. The van der Waals surface area contributed by atoms with Crippen molar-refractivity contribution in [3.63, 3.8) is 0 Å². The van der Waals surface area contributed by atoms with Gasteiger partial charge in [-0.25, -0.2) is 0 Å². The van der Waals surface area contributed by atoms with Gasteiger partial charge in [-0.2, -0.15) is 4.37 Å². The third-order valence-corrected chi connectivity index (χ3v) is 5.59. The van der Waals surface area contributed by atoms with E-state index in [1.807, 2.05) is 29.7 Å². The van der Waals surface area contributed by atoms with Crippen LogP contribution in [0.2, 0.25) is 0 Å². The fourth-order valence-electron chi connectivity index (χ4n) is 3.59. The van der Waals surface area contributed by atoms with Crippen molar-refractivity contribution in [3.8, 4) is 11.3 Å². The number of fused-ring (bicyclic) bond motifs is 2. The average Bonchev–Trinajstić information content (AvgIpc) is 3.16. The number of nitrogens with zero attached hydrogens (tertiary/aromatic N) is 2. The Balaban J connectivity index is 2.00. The molecule has 0 radical (unpaired) electrons. The first kappa shape index (κ1) is 16.8. The number of ether oxygens (including phenoxy) is 1. The van der Waals surface area contributed by atoms with Gasteiger partial charge in [0.15, 0.2) is 0 Å². The molecule has 0 saturated carbocycles. The van der Waals surface area contributed by atoms with Crippen molar-refractivity contribution in [1.29, 1.82) is 0 Å². The Hall–Kier alpha value is -2.66. The summed E-state index contributed by atoms with van der Waals surface area (Å²) < 4.78 is 13.1. The molecule has 0 amide bonds. The lowest BCUT2D eigenvalue weighted by molar-refractivity contribution is -0.143. The molecule has 0 aliphatic heterocycles. The van der Waals surface area contributed by atoms with Crippen molar-refractivity contribution >= 4 is 38.5 Å². The highest BCUT2D eigenvalue weighted by atomic mass is 32.1. The van der Waals surface area contributed by atoms with Crippen molar-refractivity contribution in [2.45, 2.75) is 27.3 Å². The molecule has 4 nitrogen and oxygen atoms in total. The highest BCUT2D eigenvalue weighted by Gasteiger charge is 2.22. The van der Waals surface area contributed by atoms with Gasteiger partial charge in [-0.05, 0) is 50.0 Å². The van der Waals surface area contributed by atoms with E-state index >= 15 is 0 Å². The maximum atomic E-state index is 12.1. The topological polar surface area (TPSA) is 44.1 Å². The van der Waals surface area contributed by atoms with Crippen LogP contribution >= 0.6 is 11.5 Å². The Morgan fingerprint density at radius 3 is 2.77 bits per heavy atom. The predicted octanol–water partition coefficient (Wildman–Crippen LogP) is 5.10. The molecule has 5 heteroatoms. The Kier molecular flexibility index (Phi) is 4.24. The number of aromatic nitrogens is 2. The summed E-state index contributed by atoms with van der Waals surface area (Å²) in [5.41, 5.74) is 5.37. The molecule has 0 bridgehead atoms. The third-order valence-electron chi connectivity index (χ3n) is 4.77. The van der Waals surface area contributed by atoms with Crippen LogP contribution in [0.25, 0.3) is 32.2 Å². The molecule has 4 aromatic rings.